The van der Waals surface area contributed by atoms with Gasteiger partial charge < -0.3 is 4.74 Å². The average molecular weight is 240 g/mol. The van der Waals surface area contributed by atoms with Gasteiger partial charge in [0, 0.05) is 10.8 Å². The van der Waals surface area contributed by atoms with E-state index in [0.29, 0.717) is 12.2 Å². The fourth-order valence-electron chi connectivity index (χ4n) is 2.20. The molecule has 0 saturated heterocycles. The first-order valence-corrected chi connectivity index (χ1v) is 5.83. The normalized spacial score (nSPS) is 10.9. The number of H-pyrrole nitrogens is 1. The van der Waals surface area contributed by atoms with Crippen molar-refractivity contribution in [2.24, 2.45) is 0 Å². The van der Waals surface area contributed by atoms with E-state index in [-0.39, 0.29) is 5.97 Å². The maximum absolute atomic E-state index is 11.9. The predicted molar refractivity (Wildman–Crippen MR) is 69.6 cm³/mol. The highest BCUT2D eigenvalue weighted by Crippen LogP contribution is 2.29. The summed E-state index contributed by atoms with van der Waals surface area (Å²) >= 11 is 0. The van der Waals surface area contributed by atoms with Crippen molar-refractivity contribution in [1.82, 2.24) is 10.2 Å². The van der Waals surface area contributed by atoms with Crippen LogP contribution in [0.2, 0.25) is 0 Å². The molecule has 0 aliphatic rings. The maximum Gasteiger partial charge on any atom is 0.338 e. The Bertz CT molecular complexity index is 731. The monoisotopic (exact) mass is 240 g/mol. The molecule has 0 spiro atoms. The second-order valence-corrected chi connectivity index (χ2v) is 4.02. The molecule has 0 unspecified atom stereocenters. The molecule has 90 valence electrons. The molecule has 0 amide bonds. The van der Waals surface area contributed by atoms with Gasteiger partial charge in [0.1, 0.15) is 0 Å². The minimum absolute atomic E-state index is 0.291. The minimum Gasteiger partial charge on any atom is -0.462 e. The van der Waals surface area contributed by atoms with E-state index in [2.05, 4.69) is 10.2 Å². The number of carbonyl (C=O) groups is 1. The fraction of sp³-hybridized carbons (Fsp3) is 0.143. The Morgan fingerprint density at radius 2 is 2.22 bits per heavy atom. The molecule has 1 aromatic heterocycles. The van der Waals surface area contributed by atoms with Crippen LogP contribution in [0.5, 0.6) is 0 Å². The third-order valence-corrected chi connectivity index (χ3v) is 2.94. The first-order chi connectivity index (χ1) is 8.81. The predicted octanol–water partition coefficient (Wildman–Crippen LogP) is 2.89. The second kappa shape index (κ2) is 4.14. The van der Waals surface area contributed by atoms with E-state index >= 15 is 0 Å². The van der Waals surface area contributed by atoms with Crippen LogP contribution in [0.3, 0.4) is 0 Å². The number of aromatic amines is 1. The lowest BCUT2D eigenvalue weighted by atomic mass is 10.2. The van der Waals surface area contributed by atoms with E-state index in [9.17, 15) is 4.79 Å². The maximum atomic E-state index is 11.9. The van der Waals surface area contributed by atoms with Gasteiger partial charge in [-0.05, 0) is 24.4 Å². The van der Waals surface area contributed by atoms with Crippen molar-refractivity contribution < 1.29 is 9.53 Å². The minimum atomic E-state index is -0.291. The first-order valence-electron chi connectivity index (χ1n) is 5.83. The summed E-state index contributed by atoms with van der Waals surface area (Å²) in [6, 6.07) is 9.52. The lowest BCUT2D eigenvalue weighted by Gasteiger charge is -1.99. The molecule has 4 nitrogen and oxygen atoms in total. The van der Waals surface area contributed by atoms with Gasteiger partial charge in [0.05, 0.1) is 23.9 Å². The second-order valence-electron chi connectivity index (χ2n) is 4.02. The van der Waals surface area contributed by atoms with Gasteiger partial charge in [-0.2, -0.15) is 5.10 Å². The van der Waals surface area contributed by atoms with Crippen LogP contribution in [-0.2, 0) is 4.74 Å². The fourth-order valence-corrected chi connectivity index (χ4v) is 2.20. The summed E-state index contributed by atoms with van der Waals surface area (Å²) in [4.78, 5) is 11.9. The molecule has 0 bridgehead atoms. The zero-order valence-corrected chi connectivity index (χ0v) is 9.93. The highest BCUT2D eigenvalue weighted by Gasteiger charge is 2.15. The van der Waals surface area contributed by atoms with E-state index in [4.69, 9.17) is 4.74 Å². The molecule has 3 aromatic rings. The number of ether oxygens (including phenoxy) is 1. The van der Waals surface area contributed by atoms with Crippen molar-refractivity contribution in [2.75, 3.05) is 6.61 Å². The van der Waals surface area contributed by atoms with Crippen molar-refractivity contribution >= 4 is 27.6 Å². The highest BCUT2D eigenvalue weighted by molar-refractivity contribution is 6.18. The van der Waals surface area contributed by atoms with Crippen molar-refractivity contribution in [3.63, 3.8) is 0 Å². The van der Waals surface area contributed by atoms with Crippen molar-refractivity contribution in [3.8, 4) is 0 Å². The largest absolute Gasteiger partial charge is 0.462 e. The summed E-state index contributed by atoms with van der Waals surface area (Å²) in [7, 11) is 0. The molecule has 3 rings (SSSR count). The lowest BCUT2D eigenvalue weighted by molar-refractivity contribution is 0.0529. The smallest absolute Gasteiger partial charge is 0.338 e. The van der Waals surface area contributed by atoms with Crippen LogP contribution in [0.1, 0.15) is 17.3 Å². The zero-order chi connectivity index (χ0) is 12.5. The number of rotatable bonds is 2. The molecule has 0 atom stereocenters. The number of nitrogens with one attached hydrogen (secondary N) is 1. The number of esters is 1. The molecule has 0 saturated carbocycles. The Balaban J connectivity index is 2.39. The van der Waals surface area contributed by atoms with Crippen molar-refractivity contribution in [1.29, 1.82) is 0 Å². The van der Waals surface area contributed by atoms with Crippen LogP contribution in [-0.4, -0.2) is 22.8 Å². The van der Waals surface area contributed by atoms with E-state index in [1.54, 1.807) is 13.1 Å². The Kier molecular flexibility index (Phi) is 2.48. The third-order valence-electron chi connectivity index (χ3n) is 2.94. The van der Waals surface area contributed by atoms with Crippen LogP contribution in [0.4, 0.5) is 0 Å². The van der Waals surface area contributed by atoms with Crippen LogP contribution in [0.15, 0.2) is 36.5 Å². The third kappa shape index (κ3) is 1.54. The molecular weight excluding hydrogens is 228 g/mol. The van der Waals surface area contributed by atoms with Gasteiger partial charge in [-0.3, -0.25) is 5.10 Å². The molecule has 1 heterocycles. The highest BCUT2D eigenvalue weighted by atomic mass is 16.5. The number of aromatic nitrogens is 2. The van der Waals surface area contributed by atoms with Crippen LogP contribution < -0.4 is 0 Å². The summed E-state index contributed by atoms with van der Waals surface area (Å²) in [6.07, 6.45) is 1.72. The standard InChI is InChI=1S/C14H12N2O2/c1-2-18-14(17)11-7-9-8-15-16-12-6-4-3-5-10(11)13(9)12/h3-8,16H,2H2,1H3. The molecular formula is C14H12N2O2. The van der Waals surface area contributed by atoms with Crippen LogP contribution in [0.25, 0.3) is 21.7 Å². The lowest BCUT2D eigenvalue weighted by Crippen LogP contribution is -2.03. The Morgan fingerprint density at radius 1 is 1.39 bits per heavy atom. The number of carbonyl (C=O) groups excluding carboxylic acids is 1. The van der Waals surface area contributed by atoms with Gasteiger partial charge in [-0.15, -0.1) is 0 Å². The molecule has 0 aliphatic heterocycles. The van der Waals surface area contributed by atoms with Gasteiger partial charge in [-0.25, -0.2) is 4.79 Å². The molecule has 0 radical (unpaired) electrons. The Hall–Kier alpha value is -2.36. The first kappa shape index (κ1) is 10.8. The van der Waals surface area contributed by atoms with E-state index in [0.717, 1.165) is 21.7 Å². The number of hydrogen-bond donors (Lipinski definition) is 1. The topological polar surface area (TPSA) is 55.0 Å². The van der Waals surface area contributed by atoms with Gasteiger partial charge in [-0.1, -0.05) is 18.2 Å². The average Bonchev–Trinajstić information content (AvgIpc) is 2.60. The quantitative estimate of drug-likeness (QED) is 0.701. The molecule has 4 heteroatoms. The number of nitrogens with zero attached hydrogens (tertiary/aromatic N) is 1. The van der Waals surface area contributed by atoms with Crippen LogP contribution >= 0.6 is 0 Å². The SMILES string of the molecule is CCOC(=O)c1cc2cn[nH]c3ccccc1c23. The van der Waals surface area contributed by atoms with Crippen LogP contribution in [0, 0.1) is 0 Å². The van der Waals surface area contributed by atoms with Crippen molar-refractivity contribution in [2.45, 2.75) is 6.92 Å². The van der Waals surface area contributed by atoms with E-state index in [1.807, 2.05) is 30.3 Å². The van der Waals surface area contributed by atoms with E-state index < -0.39 is 0 Å². The number of hydrogen-bond acceptors (Lipinski definition) is 3. The van der Waals surface area contributed by atoms with Gasteiger partial charge in [0.2, 0.25) is 0 Å². The van der Waals surface area contributed by atoms with Crippen molar-refractivity contribution in [3.05, 3.63) is 42.1 Å². The molecule has 1 N–H and O–H groups in total. The Morgan fingerprint density at radius 3 is 3.06 bits per heavy atom. The molecule has 18 heavy (non-hydrogen) atoms. The molecule has 2 aromatic carbocycles. The van der Waals surface area contributed by atoms with Gasteiger partial charge >= 0.3 is 5.97 Å². The van der Waals surface area contributed by atoms with E-state index in [1.165, 1.54) is 0 Å². The summed E-state index contributed by atoms with van der Waals surface area (Å²) in [5, 5.41) is 9.86. The Labute approximate surface area is 104 Å². The summed E-state index contributed by atoms with van der Waals surface area (Å²) < 4.78 is 5.08. The summed E-state index contributed by atoms with van der Waals surface area (Å²) in [5.41, 5.74) is 1.50. The van der Waals surface area contributed by atoms with Gasteiger partial charge in [0.15, 0.2) is 0 Å². The van der Waals surface area contributed by atoms with Gasteiger partial charge in [0.25, 0.3) is 0 Å². The molecule has 0 fully saturated rings. The molecule has 0 aliphatic carbocycles. The summed E-state index contributed by atoms with van der Waals surface area (Å²) in [5.74, 6) is -0.291. The summed E-state index contributed by atoms with van der Waals surface area (Å²) in [6.45, 7) is 2.18. The zero-order valence-electron chi connectivity index (χ0n) is 9.93.